The van der Waals surface area contributed by atoms with Crippen molar-refractivity contribution >= 4 is 23.2 Å². The van der Waals surface area contributed by atoms with Gasteiger partial charge in [0.25, 0.3) is 5.91 Å². The topological polar surface area (TPSA) is 49.8 Å². The van der Waals surface area contributed by atoms with E-state index in [9.17, 15) is 4.79 Å². The monoisotopic (exact) mass is 356 g/mol. The standard InChI is InChI=1S/C19H17ClN2O3/c20-15-13-14(17-3-1-11-24-17)5-6-16(15)21-7-9-22(10-8-21)19(23)18-4-2-12-25-18/h1-6,11-13H,7-10H2. The van der Waals surface area contributed by atoms with Crippen LogP contribution in [0.2, 0.25) is 5.02 Å². The number of anilines is 1. The van der Waals surface area contributed by atoms with E-state index in [0.29, 0.717) is 23.9 Å². The van der Waals surface area contributed by atoms with Crippen LogP contribution in [0.3, 0.4) is 0 Å². The Morgan fingerprint density at radius 1 is 0.960 bits per heavy atom. The van der Waals surface area contributed by atoms with Crippen LogP contribution >= 0.6 is 11.6 Å². The molecule has 0 aliphatic carbocycles. The van der Waals surface area contributed by atoms with Crippen LogP contribution in [0.4, 0.5) is 5.69 Å². The van der Waals surface area contributed by atoms with E-state index in [1.807, 2.05) is 30.3 Å². The smallest absolute Gasteiger partial charge is 0.289 e. The van der Waals surface area contributed by atoms with Crippen molar-refractivity contribution in [3.8, 4) is 11.3 Å². The normalized spacial score (nSPS) is 14.8. The van der Waals surface area contributed by atoms with Gasteiger partial charge in [0, 0.05) is 31.7 Å². The van der Waals surface area contributed by atoms with Gasteiger partial charge in [-0.15, -0.1) is 0 Å². The van der Waals surface area contributed by atoms with Crippen molar-refractivity contribution < 1.29 is 13.6 Å². The molecule has 1 aliphatic heterocycles. The number of hydrogen-bond donors (Lipinski definition) is 0. The molecule has 25 heavy (non-hydrogen) atoms. The third kappa shape index (κ3) is 3.15. The summed E-state index contributed by atoms with van der Waals surface area (Å²) < 4.78 is 10.6. The Balaban J connectivity index is 1.45. The molecular weight excluding hydrogens is 340 g/mol. The number of piperazine rings is 1. The van der Waals surface area contributed by atoms with Crippen LogP contribution in [0.25, 0.3) is 11.3 Å². The van der Waals surface area contributed by atoms with Gasteiger partial charge in [-0.1, -0.05) is 11.6 Å². The van der Waals surface area contributed by atoms with Gasteiger partial charge in [-0.05, 0) is 42.5 Å². The first kappa shape index (κ1) is 15.8. The van der Waals surface area contributed by atoms with Crippen LogP contribution < -0.4 is 4.90 Å². The number of rotatable bonds is 3. The molecule has 1 aliphatic rings. The maximum Gasteiger partial charge on any atom is 0.289 e. The molecule has 5 nitrogen and oxygen atoms in total. The molecule has 1 fully saturated rings. The highest BCUT2D eigenvalue weighted by atomic mass is 35.5. The molecule has 0 atom stereocenters. The minimum Gasteiger partial charge on any atom is -0.464 e. The molecule has 1 aromatic carbocycles. The fraction of sp³-hybridized carbons (Fsp3) is 0.211. The third-order valence-corrected chi connectivity index (χ3v) is 4.70. The van der Waals surface area contributed by atoms with E-state index in [-0.39, 0.29) is 5.91 Å². The molecule has 4 rings (SSSR count). The summed E-state index contributed by atoms with van der Waals surface area (Å²) in [6.07, 6.45) is 3.16. The Morgan fingerprint density at radius 2 is 1.72 bits per heavy atom. The van der Waals surface area contributed by atoms with Gasteiger partial charge in [-0.25, -0.2) is 0 Å². The lowest BCUT2D eigenvalue weighted by atomic mass is 10.1. The Hall–Kier alpha value is -2.66. The number of carbonyl (C=O) groups excluding carboxylic acids is 1. The first-order valence-electron chi connectivity index (χ1n) is 8.13. The number of benzene rings is 1. The fourth-order valence-electron chi connectivity index (χ4n) is 3.07. The first-order valence-corrected chi connectivity index (χ1v) is 8.51. The van der Waals surface area contributed by atoms with Gasteiger partial charge in [-0.2, -0.15) is 0 Å². The van der Waals surface area contributed by atoms with Crippen molar-refractivity contribution in [2.75, 3.05) is 31.1 Å². The van der Waals surface area contributed by atoms with Crippen molar-refractivity contribution in [1.82, 2.24) is 4.90 Å². The summed E-state index contributed by atoms with van der Waals surface area (Å²) in [7, 11) is 0. The van der Waals surface area contributed by atoms with Crippen molar-refractivity contribution in [3.63, 3.8) is 0 Å². The second-order valence-corrected chi connectivity index (χ2v) is 6.31. The summed E-state index contributed by atoms with van der Waals surface area (Å²) >= 11 is 6.48. The highest BCUT2D eigenvalue weighted by Crippen LogP contribution is 2.32. The molecule has 2 aromatic heterocycles. The van der Waals surface area contributed by atoms with E-state index in [1.165, 1.54) is 6.26 Å². The number of carbonyl (C=O) groups is 1. The number of halogens is 1. The molecule has 6 heteroatoms. The van der Waals surface area contributed by atoms with Gasteiger partial charge in [0.1, 0.15) is 5.76 Å². The second-order valence-electron chi connectivity index (χ2n) is 5.90. The van der Waals surface area contributed by atoms with Crippen molar-refractivity contribution in [2.24, 2.45) is 0 Å². The SMILES string of the molecule is O=C(c1ccco1)N1CCN(c2ccc(-c3ccco3)cc2Cl)CC1. The highest BCUT2D eigenvalue weighted by molar-refractivity contribution is 6.33. The zero-order valence-corrected chi connectivity index (χ0v) is 14.3. The van der Waals surface area contributed by atoms with E-state index in [1.54, 1.807) is 23.3 Å². The Bertz CT molecular complexity index is 851. The number of nitrogens with zero attached hydrogens (tertiary/aromatic N) is 2. The molecule has 0 spiro atoms. The Labute approximate surface area is 150 Å². The molecule has 0 radical (unpaired) electrons. The lowest BCUT2D eigenvalue weighted by molar-refractivity contribution is 0.0714. The van der Waals surface area contributed by atoms with Gasteiger partial charge in [0.05, 0.1) is 23.2 Å². The lowest BCUT2D eigenvalue weighted by Gasteiger charge is -2.36. The van der Waals surface area contributed by atoms with Crippen LogP contribution in [0.5, 0.6) is 0 Å². The summed E-state index contributed by atoms with van der Waals surface area (Å²) in [5.74, 6) is 1.11. The molecule has 0 unspecified atom stereocenters. The average molecular weight is 357 g/mol. The van der Waals surface area contributed by atoms with E-state index in [4.69, 9.17) is 20.4 Å². The zero-order valence-electron chi connectivity index (χ0n) is 13.5. The summed E-state index contributed by atoms with van der Waals surface area (Å²) in [4.78, 5) is 16.3. The quantitative estimate of drug-likeness (QED) is 0.707. The minimum atomic E-state index is -0.0658. The minimum absolute atomic E-state index is 0.0658. The summed E-state index contributed by atoms with van der Waals surface area (Å²) in [6, 6.07) is 13.1. The predicted octanol–water partition coefficient (Wildman–Crippen LogP) is 4.16. The van der Waals surface area contributed by atoms with E-state index in [2.05, 4.69) is 4.90 Å². The molecule has 0 N–H and O–H groups in total. The maximum absolute atomic E-state index is 12.3. The van der Waals surface area contributed by atoms with Crippen LogP contribution in [0.1, 0.15) is 10.6 Å². The van der Waals surface area contributed by atoms with Gasteiger partial charge >= 0.3 is 0 Å². The molecule has 3 aromatic rings. The maximum atomic E-state index is 12.3. The largest absolute Gasteiger partial charge is 0.464 e. The third-order valence-electron chi connectivity index (χ3n) is 4.39. The van der Waals surface area contributed by atoms with Gasteiger partial charge in [0.2, 0.25) is 0 Å². The average Bonchev–Trinajstić information content (AvgIpc) is 3.35. The molecule has 128 valence electrons. The second kappa shape index (κ2) is 6.69. The van der Waals surface area contributed by atoms with E-state index in [0.717, 1.165) is 30.1 Å². The van der Waals surface area contributed by atoms with Crippen molar-refractivity contribution in [3.05, 3.63) is 65.8 Å². The van der Waals surface area contributed by atoms with Crippen LogP contribution in [0.15, 0.2) is 63.8 Å². The Morgan fingerprint density at radius 3 is 2.36 bits per heavy atom. The molecular formula is C19H17ClN2O3. The van der Waals surface area contributed by atoms with Crippen LogP contribution in [-0.4, -0.2) is 37.0 Å². The lowest BCUT2D eigenvalue weighted by Crippen LogP contribution is -2.48. The fourth-order valence-corrected chi connectivity index (χ4v) is 3.37. The number of hydrogen-bond acceptors (Lipinski definition) is 4. The summed E-state index contributed by atoms with van der Waals surface area (Å²) in [5.41, 5.74) is 1.92. The Kier molecular flexibility index (Phi) is 4.24. The van der Waals surface area contributed by atoms with Gasteiger partial charge < -0.3 is 18.6 Å². The first-order chi connectivity index (χ1) is 12.2. The van der Waals surface area contributed by atoms with Gasteiger partial charge in [-0.3, -0.25) is 4.79 Å². The van der Waals surface area contributed by atoms with Gasteiger partial charge in [0.15, 0.2) is 5.76 Å². The van der Waals surface area contributed by atoms with E-state index >= 15 is 0 Å². The molecule has 1 saturated heterocycles. The highest BCUT2D eigenvalue weighted by Gasteiger charge is 2.24. The van der Waals surface area contributed by atoms with E-state index < -0.39 is 0 Å². The zero-order chi connectivity index (χ0) is 17.2. The molecule has 0 saturated carbocycles. The van der Waals surface area contributed by atoms with Crippen LogP contribution in [0, 0.1) is 0 Å². The predicted molar refractivity (Wildman–Crippen MR) is 96.0 cm³/mol. The molecule has 0 bridgehead atoms. The van der Waals surface area contributed by atoms with Crippen molar-refractivity contribution in [1.29, 1.82) is 0 Å². The van der Waals surface area contributed by atoms with Crippen molar-refractivity contribution in [2.45, 2.75) is 0 Å². The van der Waals surface area contributed by atoms with Crippen LogP contribution in [-0.2, 0) is 0 Å². The summed E-state index contributed by atoms with van der Waals surface area (Å²) in [5, 5.41) is 0.680. The summed E-state index contributed by atoms with van der Waals surface area (Å²) in [6.45, 7) is 2.73. The number of amides is 1. The molecule has 3 heterocycles. The molecule has 1 amide bonds. The number of furan rings is 2.